The number of nitrogens with one attached hydrogen (secondary N) is 1. The van der Waals surface area contributed by atoms with E-state index in [0.717, 1.165) is 10.5 Å². The minimum atomic E-state index is -4.39. The van der Waals surface area contributed by atoms with Gasteiger partial charge in [-0.05, 0) is 24.1 Å². The van der Waals surface area contributed by atoms with E-state index in [2.05, 4.69) is 5.32 Å². The highest BCUT2D eigenvalue weighted by Gasteiger charge is 2.38. The fourth-order valence-electron chi connectivity index (χ4n) is 2.42. The van der Waals surface area contributed by atoms with Gasteiger partial charge in [0.15, 0.2) is 0 Å². The van der Waals surface area contributed by atoms with Crippen LogP contribution in [0.15, 0.2) is 18.2 Å². The molecule has 1 amide bonds. The van der Waals surface area contributed by atoms with Gasteiger partial charge in [0.05, 0.1) is 25.4 Å². The first-order chi connectivity index (χ1) is 10.8. The highest BCUT2D eigenvalue weighted by Crippen LogP contribution is 2.26. The fourth-order valence-corrected chi connectivity index (χ4v) is 2.42. The second-order valence-electron chi connectivity index (χ2n) is 5.37. The number of ether oxygens (including phenoxy) is 1. The number of hydrogen-bond donors (Lipinski definition) is 2. The summed E-state index contributed by atoms with van der Waals surface area (Å²) in [5.74, 6) is -0.757. The molecule has 1 aromatic carbocycles. The third-order valence-electron chi connectivity index (χ3n) is 3.65. The van der Waals surface area contributed by atoms with Crippen molar-refractivity contribution in [1.82, 2.24) is 4.90 Å². The standard InChI is InChI=1S/C15H19F3N2O3/c1-2-10-3-4-13(21)11(7-10)19-14(22)12-8-23-6-5-20(12)9-15(16,17)18/h3-4,7,12,21H,2,5-6,8-9H2,1H3,(H,19,22). The molecule has 2 N–H and O–H groups in total. The van der Waals surface area contributed by atoms with Crippen LogP contribution in [0.1, 0.15) is 12.5 Å². The molecule has 1 heterocycles. The molecule has 1 aromatic rings. The van der Waals surface area contributed by atoms with Crippen molar-refractivity contribution in [3.63, 3.8) is 0 Å². The van der Waals surface area contributed by atoms with Crippen LogP contribution in [0.3, 0.4) is 0 Å². The van der Waals surface area contributed by atoms with Gasteiger partial charge in [0.25, 0.3) is 0 Å². The zero-order valence-electron chi connectivity index (χ0n) is 12.7. The Morgan fingerprint density at radius 3 is 2.87 bits per heavy atom. The number of halogens is 3. The molecule has 0 bridgehead atoms. The molecule has 2 rings (SSSR count). The highest BCUT2D eigenvalue weighted by atomic mass is 19.4. The smallest absolute Gasteiger partial charge is 0.401 e. The number of carbonyl (C=O) groups is 1. The van der Waals surface area contributed by atoms with E-state index in [-0.39, 0.29) is 31.2 Å². The monoisotopic (exact) mass is 332 g/mol. The van der Waals surface area contributed by atoms with Crippen molar-refractivity contribution in [2.45, 2.75) is 25.6 Å². The molecule has 128 valence electrons. The molecule has 0 saturated carbocycles. The van der Waals surface area contributed by atoms with Crippen LogP contribution in [0.2, 0.25) is 0 Å². The largest absolute Gasteiger partial charge is 0.506 e. The third kappa shape index (κ3) is 4.84. The van der Waals surface area contributed by atoms with Crippen LogP contribution in [0, 0.1) is 0 Å². The van der Waals surface area contributed by atoms with Crippen LogP contribution in [-0.4, -0.2) is 54.4 Å². The predicted molar refractivity (Wildman–Crippen MR) is 78.3 cm³/mol. The normalized spacial score (nSPS) is 19.6. The summed E-state index contributed by atoms with van der Waals surface area (Å²) >= 11 is 0. The molecule has 5 nitrogen and oxygen atoms in total. The predicted octanol–water partition coefficient (Wildman–Crippen LogP) is 2.16. The Kier molecular flexibility index (Phi) is 5.48. The lowest BCUT2D eigenvalue weighted by Gasteiger charge is -2.34. The summed E-state index contributed by atoms with van der Waals surface area (Å²) in [5, 5.41) is 12.3. The van der Waals surface area contributed by atoms with E-state index in [0.29, 0.717) is 6.42 Å². The number of carbonyl (C=O) groups excluding carboxylic acids is 1. The number of hydrogen-bond acceptors (Lipinski definition) is 4. The van der Waals surface area contributed by atoms with Crippen molar-refractivity contribution in [3.8, 4) is 5.75 Å². The molecule has 1 aliphatic rings. The molecular weight excluding hydrogens is 313 g/mol. The Bertz CT molecular complexity index is 563. The molecule has 1 atom stereocenters. The second kappa shape index (κ2) is 7.18. The lowest BCUT2D eigenvalue weighted by Crippen LogP contribution is -2.54. The van der Waals surface area contributed by atoms with Crippen LogP contribution in [0.4, 0.5) is 18.9 Å². The molecule has 1 saturated heterocycles. The maximum absolute atomic E-state index is 12.6. The summed E-state index contributed by atoms with van der Waals surface area (Å²) in [6.45, 7) is 0.804. The van der Waals surface area contributed by atoms with Gasteiger partial charge in [-0.15, -0.1) is 0 Å². The number of phenolic OH excluding ortho intramolecular Hbond substituents is 1. The summed E-state index contributed by atoms with van der Waals surface area (Å²) in [4.78, 5) is 13.3. The maximum Gasteiger partial charge on any atom is 0.401 e. The van der Waals surface area contributed by atoms with Crippen molar-refractivity contribution in [1.29, 1.82) is 0 Å². The average molecular weight is 332 g/mol. The van der Waals surface area contributed by atoms with Crippen LogP contribution in [0.5, 0.6) is 5.75 Å². The van der Waals surface area contributed by atoms with Gasteiger partial charge in [0.2, 0.25) is 5.91 Å². The van der Waals surface area contributed by atoms with E-state index in [4.69, 9.17) is 4.74 Å². The molecule has 0 spiro atoms. The zero-order valence-corrected chi connectivity index (χ0v) is 12.7. The first-order valence-corrected chi connectivity index (χ1v) is 7.31. The van der Waals surface area contributed by atoms with Crippen molar-refractivity contribution in [3.05, 3.63) is 23.8 Å². The molecule has 23 heavy (non-hydrogen) atoms. The average Bonchev–Trinajstić information content (AvgIpc) is 2.48. The van der Waals surface area contributed by atoms with E-state index >= 15 is 0 Å². The number of aromatic hydroxyl groups is 1. The first-order valence-electron chi connectivity index (χ1n) is 7.31. The Balaban J connectivity index is 2.11. The number of nitrogens with zero attached hydrogens (tertiary/aromatic N) is 1. The molecule has 0 aromatic heterocycles. The number of anilines is 1. The van der Waals surface area contributed by atoms with Crippen molar-refractivity contribution >= 4 is 11.6 Å². The van der Waals surface area contributed by atoms with Gasteiger partial charge in [-0.25, -0.2) is 0 Å². The van der Waals surface area contributed by atoms with Gasteiger partial charge >= 0.3 is 6.18 Å². The van der Waals surface area contributed by atoms with Crippen LogP contribution >= 0.6 is 0 Å². The van der Waals surface area contributed by atoms with Crippen molar-refractivity contribution in [2.24, 2.45) is 0 Å². The Hall–Kier alpha value is -1.80. The maximum atomic E-state index is 12.6. The van der Waals surface area contributed by atoms with Crippen LogP contribution < -0.4 is 5.32 Å². The highest BCUT2D eigenvalue weighted by molar-refractivity contribution is 5.96. The number of phenols is 1. The molecule has 0 aliphatic carbocycles. The van der Waals surface area contributed by atoms with E-state index < -0.39 is 24.7 Å². The lowest BCUT2D eigenvalue weighted by atomic mass is 10.1. The summed E-state index contributed by atoms with van der Waals surface area (Å²) in [5.41, 5.74) is 1.08. The van der Waals surface area contributed by atoms with E-state index in [1.54, 1.807) is 12.1 Å². The van der Waals surface area contributed by atoms with Gasteiger partial charge in [-0.3, -0.25) is 9.69 Å². The molecule has 8 heteroatoms. The van der Waals surface area contributed by atoms with E-state index in [1.165, 1.54) is 6.07 Å². The second-order valence-corrected chi connectivity index (χ2v) is 5.37. The van der Waals surface area contributed by atoms with E-state index in [9.17, 15) is 23.1 Å². The minimum Gasteiger partial charge on any atom is -0.506 e. The third-order valence-corrected chi connectivity index (χ3v) is 3.65. The van der Waals surface area contributed by atoms with Gasteiger partial charge < -0.3 is 15.2 Å². The summed E-state index contributed by atoms with van der Waals surface area (Å²) in [6.07, 6.45) is -3.68. The molecule has 1 aliphatic heterocycles. The van der Waals surface area contributed by atoms with Gasteiger partial charge in [0, 0.05) is 6.54 Å². The molecule has 1 fully saturated rings. The number of alkyl halides is 3. The van der Waals surface area contributed by atoms with E-state index in [1.807, 2.05) is 6.92 Å². The Morgan fingerprint density at radius 1 is 1.48 bits per heavy atom. The Labute approximate surface area is 132 Å². The minimum absolute atomic E-state index is 0.0264. The first kappa shape index (κ1) is 17.6. The topological polar surface area (TPSA) is 61.8 Å². The lowest BCUT2D eigenvalue weighted by molar-refractivity contribution is -0.165. The molecular formula is C15H19F3N2O3. The number of aryl methyl sites for hydroxylation is 1. The number of rotatable bonds is 4. The SMILES string of the molecule is CCc1ccc(O)c(NC(=O)C2COCCN2CC(F)(F)F)c1. The molecule has 1 unspecified atom stereocenters. The quantitative estimate of drug-likeness (QED) is 0.830. The fraction of sp³-hybridized carbons (Fsp3) is 0.533. The van der Waals surface area contributed by atoms with Gasteiger partial charge in [-0.1, -0.05) is 13.0 Å². The molecule has 0 radical (unpaired) electrons. The number of amides is 1. The van der Waals surface area contributed by atoms with Crippen molar-refractivity contribution < 1.29 is 27.8 Å². The Morgan fingerprint density at radius 2 is 2.22 bits per heavy atom. The van der Waals surface area contributed by atoms with Gasteiger partial charge in [-0.2, -0.15) is 13.2 Å². The summed E-state index contributed by atoms with van der Waals surface area (Å²) < 4.78 is 43.0. The number of morpholine rings is 1. The van der Waals surface area contributed by atoms with Crippen LogP contribution in [-0.2, 0) is 16.0 Å². The van der Waals surface area contributed by atoms with Gasteiger partial charge in [0.1, 0.15) is 11.8 Å². The summed E-state index contributed by atoms with van der Waals surface area (Å²) in [6, 6.07) is 3.71. The number of benzene rings is 1. The van der Waals surface area contributed by atoms with Crippen molar-refractivity contribution in [2.75, 3.05) is 31.6 Å². The zero-order chi connectivity index (χ0) is 17.0. The van der Waals surface area contributed by atoms with Crippen LogP contribution in [0.25, 0.3) is 0 Å². The summed E-state index contributed by atoms with van der Waals surface area (Å²) in [7, 11) is 0.